The first-order chi connectivity index (χ1) is 8.90. The Morgan fingerprint density at radius 3 is 2.37 bits per heavy atom. The maximum atomic E-state index is 11.8. The van der Waals surface area contributed by atoms with Gasteiger partial charge in [0.25, 0.3) is 0 Å². The van der Waals surface area contributed by atoms with Gasteiger partial charge in [-0.25, -0.2) is 4.79 Å². The Morgan fingerprint density at radius 1 is 1.32 bits per heavy atom. The molecule has 1 aliphatic carbocycles. The van der Waals surface area contributed by atoms with Crippen LogP contribution in [-0.2, 0) is 4.79 Å². The molecule has 0 spiro atoms. The van der Waals surface area contributed by atoms with Gasteiger partial charge in [0.1, 0.15) is 0 Å². The fourth-order valence-corrected chi connectivity index (χ4v) is 3.22. The second-order valence-electron chi connectivity index (χ2n) is 5.34. The lowest BCUT2D eigenvalue weighted by atomic mass is 10.0. The van der Waals surface area contributed by atoms with Crippen LogP contribution in [-0.4, -0.2) is 40.7 Å². The van der Waals surface area contributed by atoms with Crippen LogP contribution in [0.2, 0.25) is 0 Å². The molecule has 0 saturated heterocycles. The monoisotopic (exact) mass is 288 g/mol. The van der Waals surface area contributed by atoms with Crippen LogP contribution in [0.3, 0.4) is 0 Å². The minimum absolute atomic E-state index is 0.166. The van der Waals surface area contributed by atoms with E-state index in [4.69, 9.17) is 5.11 Å². The van der Waals surface area contributed by atoms with Gasteiger partial charge in [0.05, 0.1) is 5.92 Å². The molecule has 3 N–H and O–H groups in total. The quantitative estimate of drug-likeness (QED) is 0.699. The molecule has 0 aromatic heterocycles. The van der Waals surface area contributed by atoms with Crippen LogP contribution in [0.5, 0.6) is 0 Å². The van der Waals surface area contributed by atoms with Crippen molar-refractivity contribution in [2.45, 2.75) is 50.3 Å². The number of carbonyl (C=O) groups is 2. The predicted molar refractivity (Wildman–Crippen MR) is 77.5 cm³/mol. The van der Waals surface area contributed by atoms with Crippen LogP contribution in [0.1, 0.15) is 39.5 Å². The normalized spacial score (nSPS) is 20.6. The van der Waals surface area contributed by atoms with Gasteiger partial charge in [-0.05, 0) is 32.9 Å². The molecule has 110 valence electrons. The van der Waals surface area contributed by atoms with E-state index < -0.39 is 11.9 Å². The molecule has 6 heteroatoms. The number of hydrogen-bond acceptors (Lipinski definition) is 3. The molecule has 1 saturated carbocycles. The Balaban J connectivity index is 2.37. The molecule has 0 bridgehead atoms. The first-order valence-corrected chi connectivity index (χ1v) is 7.95. The lowest BCUT2D eigenvalue weighted by molar-refractivity contribution is -0.141. The highest BCUT2D eigenvalue weighted by atomic mass is 32.2. The van der Waals surface area contributed by atoms with E-state index in [1.165, 1.54) is 12.8 Å². The number of urea groups is 1. The van der Waals surface area contributed by atoms with Gasteiger partial charge >= 0.3 is 12.0 Å². The molecule has 0 aromatic rings. The zero-order valence-corrected chi connectivity index (χ0v) is 12.7. The summed E-state index contributed by atoms with van der Waals surface area (Å²) in [5, 5.41) is 14.4. The van der Waals surface area contributed by atoms with Gasteiger partial charge in [0, 0.05) is 17.3 Å². The fraction of sp³-hybridized carbons (Fsp3) is 0.846. The number of thioether (sulfide) groups is 1. The van der Waals surface area contributed by atoms with E-state index in [1.807, 2.05) is 11.8 Å². The predicted octanol–water partition coefficient (Wildman–Crippen LogP) is 2.07. The summed E-state index contributed by atoms with van der Waals surface area (Å²) in [5.74, 6) is -1.49. The van der Waals surface area contributed by atoms with E-state index in [0.717, 1.165) is 12.8 Å². The zero-order chi connectivity index (χ0) is 14.5. The summed E-state index contributed by atoms with van der Waals surface area (Å²) < 4.78 is 0.166. The van der Waals surface area contributed by atoms with Crippen molar-refractivity contribution in [1.29, 1.82) is 0 Å². The van der Waals surface area contributed by atoms with Crippen molar-refractivity contribution in [2.75, 3.05) is 12.8 Å². The summed E-state index contributed by atoms with van der Waals surface area (Å²) in [6.07, 6.45) is 6.79. The van der Waals surface area contributed by atoms with E-state index in [2.05, 4.69) is 16.9 Å². The second-order valence-corrected chi connectivity index (χ2v) is 6.61. The highest BCUT2D eigenvalue weighted by Crippen LogP contribution is 2.39. The SMILES string of the molecule is CSC1(CNC(=O)NC(C)C(C)C(=O)O)CCCC1. The summed E-state index contributed by atoms with van der Waals surface area (Å²) in [6, 6.07) is -0.660. The van der Waals surface area contributed by atoms with E-state index in [1.54, 1.807) is 13.8 Å². The molecule has 5 nitrogen and oxygen atoms in total. The van der Waals surface area contributed by atoms with Gasteiger partial charge in [0.15, 0.2) is 0 Å². The zero-order valence-electron chi connectivity index (χ0n) is 11.9. The van der Waals surface area contributed by atoms with Crippen LogP contribution >= 0.6 is 11.8 Å². The van der Waals surface area contributed by atoms with Crippen LogP contribution in [0.25, 0.3) is 0 Å². The van der Waals surface area contributed by atoms with Crippen LogP contribution in [0.4, 0.5) is 4.79 Å². The Bertz CT molecular complexity index is 330. The largest absolute Gasteiger partial charge is 0.481 e. The smallest absolute Gasteiger partial charge is 0.315 e. The lowest BCUT2D eigenvalue weighted by Gasteiger charge is -2.27. The van der Waals surface area contributed by atoms with Crippen molar-refractivity contribution in [1.82, 2.24) is 10.6 Å². The Kier molecular flexibility index (Phi) is 5.97. The molecule has 0 radical (unpaired) electrons. The molecule has 19 heavy (non-hydrogen) atoms. The number of aliphatic carboxylic acids is 1. The third-order valence-corrected chi connectivity index (χ3v) is 5.44. The Morgan fingerprint density at radius 2 is 1.89 bits per heavy atom. The number of carboxylic acids is 1. The van der Waals surface area contributed by atoms with Crippen molar-refractivity contribution in [3.8, 4) is 0 Å². The first kappa shape index (κ1) is 16.1. The van der Waals surface area contributed by atoms with Crippen LogP contribution in [0.15, 0.2) is 0 Å². The van der Waals surface area contributed by atoms with E-state index in [0.29, 0.717) is 6.54 Å². The highest BCUT2D eigenvalue weighted by Gasteiger charge is 2.33. The first-order valence-electron chi connectivity index (χ1n) is 6.72. The molecule has 1 rings (SSSR count). The van der Waals surface area contributed by atoms with E-state index in [9.17, 15) is 9.59 Å². The van der Waals surface area contributed by atoms with Gasteiger partial charge in [-0.3, -0.25) is 4.79 Å². The number of amides is 2. The molecule has 2 amide bonds. The van der Waals surface area contributed by atoms with Crippen LogP contribution < -0.4 is 10.6 Å². The molecule has 2 unspecified atom stereocenters. The third kappa shape index (κ3) is 4.60. The molecule has 0 aliphatic heterocycles. The minimum Gasteiger partial charge on any atom is -0.481 e. The van der Waals surface area contributed by atoms with E-state index >= 15 is 0 Å². The molecule has 2 atom stereocenters. The summed E-state index contributed by atoms with van der Waals surface area (Å²) in [6.45, 7) is 3.94. The molecule has 0 aromatic carbocycles. The Labute approximate surface area is 118 Å². The maximum absolute atomic E-state index is 11.8. The van der Waals surface area contributed by atoms with Crippen molar-refractivity contribution in [2.24, 2.45) is 5.92 Å². The second kappa shape index (κ2) is 7.03. The number of hydrogen-bond donors (Lipinski definition) is 3. The summed E-state index contributed by atoms with van der Waals surface area (Å²) >= 11 is 1.82. The minimum atomic E-state index is -0.899. The molecule has 1 fully saturated rings. The van der Waals surface area contributed by atoms with Gasteiger partial charge in [-0.1, -0.05) is 12.8 Å². The van der Waals surface area contributed by atoms with E-state index in [-0.39, 0.29) is 16.8 Å². The highest BCUT2D eigenvalue weighted by molar-refractivity contribution is 8.00. The number of carbonyl (C=O) groups excluding carboxylic acids is 1. The number of nitrogens with one attached hydrogen (secondary N) is 2. The van der Waals surface area contributed by atoms with Crippen molar-refractivity contribution in [3.05, 3.63) is 0 Å². The molecular weight excluding hydrogens is 264 g/mol. The Hall–Kier alpha value is -0.910. The molecule has 0 heterocycles. The summed E-state index contributed by atoms with van der Waals surface area (Å²) in [4.78, 5) is 22.6. The van der Waals surface area contributed by atoms with Crippen molar-refractivity contribution < 1.29 is 14.7 Å². The lowest BCUT2D eigenvalue weighted by Crippen LogP contribution is -2.48. The number of rotatable bonds is 6. The molecular formula is C13H24N2O3S. The summed E-state index contributed by atoms with van der Waals surface area (Å²) in [5.41, 5.74) is 0. The average Bonchev–Trinajstić information content (AvgIpc) is 2.84. The third-order valence-electron chi connectivity index (χ3n) is 4.02. The standard InChI is InChI=1S/C13H24N2O3S/c1-9(11(16)17)10(2)15-12(18)14-8-13(19-3)6-4-5-7-13/h9-10H,4-8H2,1-3H3,(H,16,17)(H2,14,15,18). The topological polar surface area (TPSA) is 78.4 Å². The average molecular weight is 288 g/mol. The van der Waals surface area contributed by atoms with Gasteiger partial charge in [-0.2, -0.15) is 11.8 Å². The van der Waals surface area contributed by atoms with Gasteiger partial charge in [0.2, 0.25) is 0 Å². The summed E-state index contributed by atoms with van der Waals surface area (Å²) in [7, 11) is 0. The van der Waals surface area contributed by atoms with Crippen LogP contribution in [0, 0.1) is 5.92 Å². The van der Waals surface area contributed by atoms with Crippen molar-refractivity contribution in [3.63, 3.8) is 0 Å². The fourth-order valence-electron chi connectivity index (χ4n) is 2.31. The van der Waals surface area contributed by atoms with Gasteiger partial charge < -0.3 is 15.7 Å². The number of carboxylic acid groups (broad SMARTS) is 1. The van der Waals surface area contributed by atoms with Gasteiger partial charge in [-0.15, -0.1) is 0 Å². The molecule has 1 aliphatic rings. The van der Waals surface area contributed by atoms with Crippen molar-refractivity contribution >= 4 is 23.8 Å². The maximum Gasteiger partial charge on any atom is 0.315 e.